The Morgan fingerprint density at radius 1 is 1.23 bits per heavy atom. The molecule has 0 aliphatic rings. The number of nitrogens with zero attached hydrogens (tertiary/aromatic N) is 3. The molecule has 0 aliphatic heterocycles. The number of benzene rings is 1. The summed E-state index contributed by atoms with van der Waals surface area (Å²) in [7, 11) is 1.97. The molecule has 7 heteroatoms. The molecule has 0 amide bonds. The zero-order valence-electron chi connectivity index (χ0n) is 16.3. The normalized spacial score (nSPS) is 11.0. The number of guanidine groups is 1. The Morgan fingerprint density at radius 3 is 2.62 bits per heavy atom. The highest BCUT2D eigenvalue weighted by atomic mass is 127. The number of hydrogen-bond donors (Lipinski definition) is 2. The van der Waals surface area contributed by atoms with Crippen LogP contribution >= 0.6 is 24.0 Å². The lowest BCUT2D eigenvalue weighted by Gasteiger charge is -2.12. The zero-order chi connectivity index (χ0) is 18.2. The van der Waals surface area contributed by atoms with Crippen molar-refractivity contribution in [1.29, 1.82) is 0 Å². The smallest absolute Gasteiger partial charge is 0.191 e. The molecule has 2 rings (SSSR count). The van der Waals surface area contributed by atoms with Crippen molar-refractivity contribution < 1.29 is 4.74 Å². The third-order valence-corrected chi connectivity index (χ3v) is 4.06. The molecule has 0 saturated carbocycles. The van der Waals surface area contributed by atoms with Gasteiger partial charge in [0.15, 0.2) is 5.96 Å². The number of ether oxygens (including phenoxy) is 1. The average molecular weight is 471 g/mol. The quantitative estimate of drug-likeness (QED) is 0.370. The number of aliphatic imine (C=N–C) groups is 1. The molecule has 144 valence electrons. The largest absolute Gasteiger partial charge is 0.494 e. The fourth-order valence-electron chi connectivity index (χ4n) is 2.66. The fraction of sp³-hybridized carbons (Fsp3) is 0.474. The van der Waals surface area contributed by atoms with Crippen molar-refractivity contribution in [2.45, 2.75) is 40.8 Å². The van der Waals surface area contributed by atoms with Crippen molar-refractivity contribution in [2.75, 3.05) is 13.2 Å². The summed E-state index contributed by atoms with van der Waals surface area (Å²) in [5, 5.41) is 11.1. The van der Waals surface area contributed by atoms with E-state index >= 15 is 0 Å². The van der Waals surface area contributed by atoms with Gasteiger partial charge in [0.2, 0.25) is 0 Å². The van der Waals surface area contributed by atoms with E-state index in [-0.39, 0.29) is 24.0 Å². The number of aromatic nitrogens is 2. The molecule has 0 bridgehead atoms. The van der Waals surface area contributed by atoms with Crippen LogP contribution in [0.1, 0.15) is 36.4 Å². The van der Waals surface area contributed by atoms with Gasteiger partial charge in [0.25, 0.3) is 0 Å². The highest BCUT2D eigenvalue weighted by Gasteiger charge is 2.09. The minimum absolute atomic E-state index is 0. The van der Waals surface area contributed by atoms with E-state index in [0.29, 0.717) is 19.7 Å². The van der Waals surface area contributed by atoms with E-state index in [1.54, 1.807) is 0 Å². The summed E-state index contributed by atoms with van der Waals surface area (Å²) < 4.78 is 7.46. The van der Waals surface area contributed by atoms with E-state index in [0.717, 1.165) is 29.5 Å². The standard InChI is InChI=1S/C19H29N5O.HI/c1-6-20-19(22-13-18-14(3)23-24(5)15(18)4)21-12-16-9-8-10-17(11-16)25-7-2;/h8-11H,6-7,12-13H2,1-5H3,(H2,20,21,22);1H. The van der Waals surface area contributed by atoms with Crippen LogP contribution in [0.5, 0.6) is 5.75 Å². The molecule has 0 fully saturated rings. The van der Waals surface area contributed by atoms with Crippen molar-refractivity contribution in [3.63, 3.8) is 0 Å². The third-order valence-electron chi connectivity index (χ3n) is 4.06. The maximum atomic E-state index is 5.55. The van der Waals surface area contributed by atoms with E-state index in [1.807, 2.05) is 43.8 Å². The SMILES string of the molecule is CCNC(=NCc1cccc(OCC)c1)NCc1c(C)nn(C)c1C.I. The van der Waals surface area contributed by atoms with Gasteiger partial charge in [0, 0.05) is 31.4 Å². The van der Waals surface area contributed by atoms with Gasteiger partial charge in [-0.25, -0.2) is 4.99 Å². The van der Waals surface area contributed by atoms with Crippen LogP contribution in [-0.4, -0.2) is 28.9 Å². The summed E-state index contributed by atoms with van der Waals surface area (Å²) >= 11 is 0. The molecule has 0 spiro atoms. The summed E-state index contributed by atoms with van der Waals surface area (Å²) in [5.41, 5.74) is 4.56. The molecular weight excluding hydrogens is 441 g/mol. The molecule has 1 heterocycles. The van der Waals surface area contributed by atoms with Crippen LogP contribution in [0.3, 0.4) is 0 Å². The molecule has 2 N–H and O–H groups in total. The molecular formula is C19H30IN5O. The molecule has 0 saturated heterocycles. The topological polar surface area (TPSA) is 63.5 Å². The predicted octanol–water partition coefficient (Wildman–Crippen LogP) is 3.31. The van der Waals surface area contributed by atoms with Crippen molar-refractivity contribution in [2.24, 2.45) is 12.0 Å². The first-order valence-electron chi connectivity index (χ1n) is 8.78. The van der Waals surface area contributed by atoms with Gasteiger partial charge in [-0.2, -0.15) is 5.10 Å². The first-order chi connectivity index (χ1) is 12.0. The first kappa shape index (κ1) is 22.3. The van der Waals surface area contributed by atoms with Gasteiger partial charge in [0.1, 0.15) is 5.75 Å². The lowest BCUT2D eigenvalue weighted by molar-refractivity contribution is 0.340. The predicted molar refractivity (Wildman–Crippen MR) is 117 cm³/mol. The minimum Gasteiger partial charge on any atom is -0.494 e. The van der Waals surface area contributed by atoms with Gasteiger partial charge in [-0.15, -0.1) is 24.0 Å². The van der Waals surface area contributed by atoms with Crippen LogP contribution < -0.4 is 15.4 Å². The lowest BCUT2D eigenvalue weighted by atomic mass is 10.2. The van der Waals surface area contributed by atoms with Crippen LogP contribution in [0.2, 0.25) is 0 Å². The number of hydrogen-bond acceptors (Lipinski definition) is 3. The van der Waals surface area contributed by atoms with E-state index in [2.05, 4.69) is 40.6 Å². The molecule has 0 unspecified atom stereocenters. The highest BCUT2D eigenvalue weighted by molar-refractivity contribution is 14.0. The van der Waals surface area contributed by atoms with Crippen molar-refractivity contribution in [3.8, 4) is 5.75 Å². The molecule has 26 heavy (non-hydrogen) atoms. The molecule has 0 aliphatic carbocycles. The first-order valence-corrected chi connectivity index (χ1v) is 8.78. The number of aryl methyl sites for hydroxylation is 2. The fourth-order valence-corrected chi connectivity index (χ4v) is 2.66. The van der Waals surface area contributed by atoms with Crippen LogP contribution in [0.4, 0.5) is 0 Å². The van der Waals surface area contributed by atoms with Gasteiger partial charge < -0.3 is 15.4 Å². The Labute approximate surface area is 173 Å². The Hall–Kier alpha value is -1.77. The summed E-state index contributed by atoms with van der Waals surface area (Å²) in [6, 6.07) is 8.06. The molecule has 0 atom stereocenters. The number of rotatable bonds is 7. The van der Waals surface area contributed by atoms with Crippen LogP contribution in [0.25, 0.3) is 0 Å². The zero-order valence-corrected chi connectivity index (χ0v) is 18.6. The summed E-state index contributed by atoms with van der Waals surface area (Å²) in [4.78, 5) is 4.68. The molecule has 1 aromatic heterocycles. The van der Waals surface area contributed by atoms with Crippen molar-refractivity contribution in [1.82, 2.24) is 20.4 Å². The Kier molecular flexibility index (Phi) is 9.47. The molecule has 6 nitrogen and oxygen atoms in total. The second-order valence-corrected chi connectivity index (χ2v) is 5.90. The highest BCUT2D eigenvalue weighted by Crippen LogP contribution is 2.14. The van der Waals surface area contributed by atoms with E-state index in [4.69, 9.17) is 4.74 Å². The molecule has 0 radical (unpaired) electrons. The van der Waals surface area contributed by atoms with Gasteiger partial charge in [-0.1, -0.05) is 12.1 Å². The van der Waals surface area contributed by atoms with E-state index in [1.165, 1.54) is 11.3 Å². The van der Waals surface area contributed by atoms with Gasteiger partial charge in [-0.05, 0) is 45.4 Å². The van der Waals surface area contributed by atoms with E-state index in [9.17, 15) is 0 Å². The molecule has 2 aromatic rings. The van der Waals surface area contributed by atoms with Gasteiger partial charge >= 0.3 is 0 Å². The third kappa shape index (κ3) is 6.19. The van der Waals surface area contributed by atoms with E-state index < -0.39 is 0 Å². The number of halogens is 1. The lowest BCUT2D eigenvalue weighted by Crippen LogP contribution is -2.37. The summed E-state index contributed by atoms with van der Waals surface area (Å²) in [6.45, 7) is 11.0. The van der Waals surface area contributed by atoms with Crippen molar-refractivity contribution >= 4 is 29.9 Å². The minimum atomic E-state index is 0. The maximum Gasteiger partial charge on any atom is 0.191 e. The monoisotopic (exact) mass is 471 g/mol. The Balaban J connectivity index is 0.00000338. The Bertz CT molecular complexity index is 727. The van der Waals surface area contributed by atoms with Crippen LogP contribution in [0.15, 0.2) is 29.3 Å². The van der Waals surface area contributed by atoms with Gasteiger partial charge in [-0.3, -0.25) is 4.68 Å². The van der Waals surface area contributed by atoms with Gasteiger partial charge in [0.05, 0.1) is 18.8 Å². The number of nitrogens with one attached hydrogen (secondary N) is 2. The van der Waals surface area contributed by atoms with Crippen LogP contribution in [-0.2, 0) is 20.1 Å². The average Bonchev–Trinajstić information content (AvgIpc) is 2.83. The maximum absolute atomic E-state index is 5.55. The van der Waals surface area contributed by atoms with Crippen LogP contribution in [0, 0.1) is 13.8 Å². The molecule has 1 aromatic carbocycles. The summed E-state index contributed by atoms with van der Waals surface area (Å²) in [5.74, 6) is 1.68. The van der Waals surface area contributed by atoms with Crippen molar-refractivity contribution in [3.05, 3.63) is 46.8 Å². The second kappa shape index (κ2) is 11.1. The summed E-state index contributed by atoms with van der Waals surface area (Å²) in [6.07, 6.45) is 0. The second-order valence-electron chi connectivity index (χ2n) is 5.90. The Morgan fingerprint density at radius 2 is 2.00 bits per heavy atom.